The van der Waals surface area contributed by atoms with Crippen molar-refractivity contribution in [3.8, 4) is 10.7 Å². The summed E-state index contributed by atoms with van der Waals surface area (Å²) < 4.78 is 2.02. The van der Waals surface area contributed by atoms with E-state index in [2.05, 4.69) is 10.3 Å². The lowest BCUT2D eigenvalue weighted by Crippen LogP contribution is -2.58. The van der Waals surface area contributed by atoms with Crippen molar-refractivity contribution in [3.63, 3.8) is 0 Å². The van der Waals surface area contributed by atoms with Crippen LogP contribution in [-0.2, 0) is 11.3 Å². The van der Waals surface area contributed by atoms with E-state index < -0.39 is 5.54 Å². The molecule has 2 heterocycles. The molecule has 1 unspecified atom stereocenters. The van der Waals surface area contributed by atoms with Crippen molar-refractivity contribution in [3.05, 3.63) is 29.9 Å². The molecule has 6 heteroatoms. The molecule has 106 valence electrons. The zero-order valence-corrected chi connectivity index (χ0v) is 12.2. The van der Waals surface area contributed by atoms with Crippen LogP contribution in [0.5, 0.6) is 0 Å². The molecule has 20 heavy (non-hydrogen) atoms. The van der Waals surface area contributed by atoms with Crippen LogP contribution in [0.25, 0.3) is 10.7 Å². The molecule has 0 spiro atoms. The molecule has 0 aliphatic heterocycles. The Morgan fingerprint density at radius 1 is 1.65 bits per heavy atom. The van der Waals surface area contributed by atoms with Crippen LogP contribution in [0.3, 0.4) is 0 Å². The third kappa shape index (κ3) is 2.14. The van der Waals surface area contributed by atoms with Crippen LogP contribution < -0.4 is 11.1 Å². The van der Waals surface area contributed by atoms with E-state index in [0.717, 1.165) is 23.5 Å². The lowest BCUT2D eigenvalue weighted by atomic mass is 9.92. The third-order valence-electron chi connectivity index (χ3n) is 4.04. The van der Waals surface area contributed by atoms with Crippen LogP contribution in [0.2, 0.25) is 0 Å². The zero-order valence-electron chi connectivity index (χ0n) is 11.4. The molecule has 0 radical (unpaired) electrons. The van der Waals surface area contributed by atoms with Crippen molar-refractivity contribution >= 4 is 17.2 Å². The van der Waals surface area contributed by atoms with Crippen molar-refractivity contribution in [1.29, 1.82) is 0 Å². The van der Waals surface area contributed by atoms with Crippen LogP contribution in [-0.4, -0.2) is 28.0 Å². The van der Waals surface area contributed by atoms with Gasteiger partial charge in [-0.15, -0.1) is 11.3 Å². The van der Waals surface area contributed by atoms with Gasteiger partial charge >= 0.3 is 0 Å². The minimum Gasteiger partial charge on any atom is -0.368 e. The predicted molar refractivity (Wildman–Crippen MR) is 79.2 cm³/mol. The van der Waals surface area contributed by atoms with Crippen LogP contribution in [0, 0.1) is 5.92 Å². The first-order valence-corrected chi connectivity index (χ1v) is 7.59. The zero-order chi connectivity index (χ0) is 14.2. The van der Waals surface area contributed by atoms with E-state index in [0.29, 0.717) is 12.5 Å². The highest BCUT2D eigenvalue weighted by atomic mass is 32.1. The van der Waals surface area contributed by atoms with E-state index in [4.69, 9.17) is 5.73 Å². The number of nitrogens with zero attached hydrogens (tertiary/aromatic N) is 2. The van der Waals surface area contributed by atoms with Gasteiger partial charge in [-0.2, -0.15) is 0 Å². The fraction of sp³-hybridized carbons (Fsp3) is 0.429. The Morgan fingerprint density at radius 2 is 2.45 bits per heavy atom. The Hall–Kier alpha value is -1.66. The predicted octanol–water partition coefficient (Wildman–Crippen LogP) is 1.47. The van der Waals surface area contributed by atoms with Crippen molar-refractivity contribution < 1.29 is 4.79 Å². The number of carbonyl (C=O) groups is 1. The summed E-state index contributed by atoms with van der Waals surface area (Å²) in [6.07, 6.45) is 5.77. The lowest BCUT2D eigenvalue weighted by Gasteiger charge is -2.31. The van der Waals surface area contributed by atoms with Crippen molar-refractivity contribution in [2.24, 2.45) is 11.7 Å². The molecule has 1 saturated carbocycles. The smallest absolute Gasteiger partial charge is 0.239 e. The summed E-state index contributed by atoms with van der Waals surface area (Å²) in [6.45, 7) is 0.525. The first-order chi connectivity index (χ1) is 9.67. The van der Waals surface area contributed by atoms with Crippen LogP contribution in [0.1, 0.15) is 12.8 Å². The molecule has 1 aliphatic rings. The van der Waals surface area contributed by atoms with E-state index in [1.54, 1.807) is 17.5 Å². The number of carbonyl (C=O) groups excluding carboxylic acids is 1. The number of nitrogens with two attached hydrogens (primary N) is 1. The standard InChI is InChI=1S/C14H18N4OS/c1-16-14(13(15)19,10-4-5-10)9-18-7-6-17-12(18)11-3-2-8-20-11/h2-3,6-8,10,16H,4-5,9H2,1H3,(H2,15,19). The number of nitrogens with one attached hydrogen (secondary N) is 1. The highest BCUT2D eigenvalue weighted by molar-refractivity contribution is 7.13. The van der Waals surface area contributed by atoms with E-state index in [1.165, 1.54) is 0 Å². The molecule has 1 amide bonds. The van der Waals surface area contributed by atoms with Gasteiger partial charge in [0, 0.05) is 12.4 Å². The number of likely N-dealkylation sites (N-methyl/N-ethyl adjacent to an activating group) is 1. The van der Waals surface area contributed by atoms with Crippen LogP contribution in [0.15, 0.2) is 29.9 Å². The Kier molecular flexibility index (Phi) is 3.35. The summed E-state index contributed by atoms with van der Waals surface area (Å²) in [5.74, 6) is 0.929. The number of thiophene rings is 1. The Labute approximate surface area is 121 Å². The number of hydrogen-bond donors (Lipinski definition) is 2. The molecule has 1 atom stereocenters. The number of primary amides is 1. The van der Waals surface area contributed by atoms with E-state index in [1.807, 2.05) is 35.3 Å². The quantitative estimate of drug-likeness (QED) is 0.846. The largest absolute Gasteiger partial charge is 0.368 e. The molecule has 1 fully saturated rings. The number of amides is 1. The van der Waals surface area contributed by atoms with Gasteiger partial charge in [0.05, 0.1) is 11.4 Å². The summed E-state index contributed by atoms with van der Waals surface area (Å²) >= 11 is 1.64. The van der Waals surface area contributed by atoms with Gasteiger partial charge in [0.1, 0.15) is 11.4 Å². The monoisotopic (exact) mass is 290 g/mol. The number of rotatable bonds is 6. The van der Waals surface area contributed by atoms with E-state index >= 15 is 0 Å². The second kappa shape index (κ2) is 5.03. The summed E-state index contributed by atoms with van der Waals surface area (Å²) in [5, 5.41) is 5.19. The molecule has 0 bridgehead atoms. The number of hydrogen-bond acceptors (Lipinski definition) is 4. The lowest BCUT2D eigenvalue weighted by molar-refractivity contribution is -0.125. The molecule has 3 rings (SSSR count). The number of aromatic nitrogens is 2. The summed E-state index contributed by atoms with van der Waals surface area (Å²) in [7, 11) is 1.81. The first kappa shape index (κ1) is 13.3. The van der Waals surface area contributed by atoms with E-state index in [-0.39, 0.29) is 5.91 Å². The molecule has 1 aliphatic carbocycles. The minimum absolute atomic E-state index is 0.284. The van der Waals surface area contributed by atoms with Gasteiger partial charge in [0.25, 0.3) is 0 Å². The molecule has 0 saturated heterocycles. The molecule has 2 aromatic heterocycles. The Bertz CT molecular complexity index is 602. The second-order valence-electron chi connectivity index (χ2n) is 5.22. The van der Waals surface area contributed by atoms with Gasteiger partial charge in [-0.25, -0.2) is 4.98 Å². The molecular weight excluding hydrogens is 272 g/mol. The normalized spacial score (nSPS) is 17.9. The third-order valence-corrected chi connectivity index (χ3v) is 4.90. The van der Waals surface area contributed by atoms with E-state index in [9.17, 15) is 4.79 Å². The summed E-state index contributed by atoms with van der Waals surface area (Å²) in [5.41, 5.74) is 5.00. The molecule has 0 aromatic carbocycles. The molecule has 3 N–H and O–H groups in total. The SMILES string of the molecule is CNC(Cn1ccnc1-c1cccs1)(C(N)=O)C1CC1. The maximum absolute atomic E-state index is 12.0. The maximum Gasteiger partial charge on any atom is 0.239 e. The van der Waals surface area contributed by atoms with Gasteiger partial charge in [0.15, 0.2) is 0 Å². The average molecular weight is 290 g/mol. The van der Waals surface area contributed by atoms with Gasteiger partial charge in [-0.05, 0) is 37.3 Å². The Balaban J connectivity index is 1.94. The van der Waals surface area contributed by atoms with Crippen molar-refractivity contribution in [1.82, 2.24) is 14.9 Å². The highest BCUT2D eigenvalue weighted by Gasteiger charge is 2.49. The summed E-state index contributed by atoms with van der Waals surface area (Å²) in [4.78, 5) is 17.5. The first-order valence-electron chi connectivity index (χ1n) is 6.71. The van der Waals surface area contributed by atoms with Gasteiger partial charge in [-0.1, -0.05) is 6.07 Å². The van der Waals surface area contributed by atoms with Gasteiger partial charge < -0.3 is 15.6 Å². The van der Waals surface area contributed by atoms with Gasteiger partial charge in [0.2, 0.25) is 5.91 Å². The van der Waals surface area contributed by atoms with Crippen molar-refractivity contribution in [2.45, 2.75) is 24.9 Å². The van der Waals surface area contributed by atoms with Crippen LogP contribution in [0.4, 0.5) is 0 Å². The highest BCUT2D eigenvalue weighted by Crippen LogP contribution is 2.41. The topological polar surface area (TPSA) is 72.9 Å². The fourth-order valence-corrected chi connectivity index (χ4v) is 3.46. The summed E-state index contributed by atoms with van der Waals surface area (Å²) in [6, 6.07) is 4.03. The van der Waals surface area contributed by atoms with Gasteiger partial charge in [-0.3, -0.25) is 4.79 Å². The van der Waals surface area contributed by atoms with Crippen LogP contribution >= 0.6 is 11.3 Å². The molecule has 5 nitrogen and oxygen atoms in total. The molecule has 2 aromatic rings. The maximum atomic E-state index is 12.0. The Morgan fingerprint density at radius 3 is 3.00 bits per heavy atom. The fourth-order valence-electron chi connectivity index (χ4n) is 2.73. The second-order valence-corrected chi connectivity index (χ2v) is 6.16. The number of imidazole rings is 1. The average Bonchev–Trinajstić information content (AvgIpc) is 2.97. The van der Waals surface area contributed by atoms with Crippen molar-refractivity contribution in [2.75, 3.05) is 7.05 Å². The molecular formula is C14H18N4OS. The minimum atomic E-state index is -0.674.